The molecule has 0 unspecified atom stereocenters. The molecule has 0 spiro atoms. The van der Waals surface area contributed by atoms with E-state index in [1.54, 1.807) is 0 Å². The zero-order chi connectivity index (χ0) is 13.2. The van der Waals surface area contributed by atoms with Crippen molar-refractivity contribution in [1.82, 2.24) is 10.3 Å². The molecule has 1 aromatic rings. The van der Waals surface area contributed by atoms with Gasteiger partial charge < -0.3 is 5.32 Å². The number of aromatic nitrogens is 1. The molecule has 1 fully saturated rings. The fraction of sp³-hybridized carbons (Fsp3) is 0.615. The van der Waals surface area contributed by atoms with Gasteiger partial charge in [-0.2, -0.15) is 5.26 Å². The Morgan fingerprint density at radius 2 is 2.06 bits per heavy atom. The third kappa shape index (κ3) is 2.54. The summed E-state index contributed by atoms with van der Waals surface area (Å²) >= 11 is 1.51. The van der Waals surface area contributed by atoms with Crippen LogP contribution in [0.4, 0.5) is 0 Å². The number of nitrogens with one attached hydrogen (secondary N) is 1. The highest BCUT2D eigenvalue weighted by Crippen LogP contribution is 2.28. The van der Waals surface area contributed by atoms with Crippen molar-refractivity contribution in [3.05, 3.63) is 15.6 Å². The predicted molar refractivity (Wildman–Crippen MR) is 70.5 cm³/mol. The van der Waals surface area contributed by atoms with Crippen molar-refractivity contribution in [1.29, 1.82) is 5.26 Å². The lowest BCUT2D eigenvalue weighted by Crippen LogP contribution is -2.48. The van der Waals surface area contributed by atoms with E-state index in [0.717, 1.165) is 42.0 Å². The number of rotatable bonds is 2. The van der Waals surface area contributed by atoms with Crippen LogP contribution in [0.5, 0.6) is 0 Å². The molecule has 0 atom stereocenters. The molecule has 1 amide bonds. The van der Waals surface area contributed by atoms with E-state index in [-0.39, 0.29) is 5.91 Å². The zero-order valence-corrected chi connectivity index (χ0v) is 11.6. The van der Waals surface area contributed by atoms with Crippen LogP contribution >= 0.6 is 11.3 Å². The number of nitrogens with zero attached hydrogens (tertiary/aromatic N) is 2. The van der Waals surface area contributed by atoms with E-state index in [1.165, 1.54) is 11.3 Å². The van der Waals surface area contributed by atoms with Crippen LogP contribution < -0.4 is 5.32 Å². The van der Waals surface area contributed by atoms with Gasteiger partial charge in [-0.25, -0.2) is 4.98 Å². The Bertz CT molecular complexity index is 495. The number of amides is 1. The van der Waals surface area contributed by atoms with Crippen molar-refractivity contribution in [3.63, 3.8) is 0 Å². The van der Waals surface area contributed by atoms with Crippen molar-refractivity contribution >= 4 is 17.2 Å². The summed E-state index contributed by atoms with van der Waals surface area (Å²) in [5, 5.41) is 13.1. The Morgan fingerprint density at radius 1 is 1.39 bits per heavy atom. The Morgan fingerprint density at radius 3 is 2.56 bits per heavy atom. The minimum absolute atomic E-state index is 0.208. The van der Waals surface area contributed by atoms with Gasteiger partial charge in [-0.05, 0) is 26.7 Å². The van der Waals surface area contributed by atoms with E-state index >= 15 is 0 Å². The molecule has 1 aromatic heterocycles. The van der Waals surface area contributed by atoms with E-state index in [9.17, 15) is 10.1 Å². The first-order chi connectivity index (χ1) is 8.56. The van der Waals surface area contributed by atoms with E-state index < -0.39 is 5.54 Å². The Balaban J connectivity index is 2.15. The van der Waals surface area contributed by atoms with E-state index in [4.69, 9.17) is 0 Å². The molecule has 1 saturated carbocycles. The minimum atomic E-state index is -0.681. The summed E-state index contributed by atoms with van der Waals surface area (Å²) in [6.07, 6.45) is 4.65. The SMILES string of the molecule is Cc1nc(C(=O)NC2(C#N)CCCCC2)c(C)s1. The molecule has 1 N–H and O–H groups in total. The molecule has 1 heterocycles. The lowest BCUT2D eigenvalue weighted by Gasteiger charge is -2.31. The summed E-state index contributed by atoms with van der Waals surface area (Å²) in [4.78, 5) is 17.3. The number of thiazole rings is 1. The van der Waals surface area contributed by atoms with Gasteiger partial charge >= 0.3 is 0 Å². The molecule has 2 rings (SSSR count). The van der Waals surface area contributed by atoms with Gasteiger partial charge in [0.05, 0.1) is 11.1 Å². The molecule has 18 heavy (non-hydrogen) atoms. The van der Waals surface area contributed by atoms with Crippen LogP contribution in [-0.2, 0) is 0 Å². The number of hydrogen-bond acceptors (Lipinski definition) is 4. The minimum Gasteiger partial charge on any atom is -0.332 e. The molecule has 1 aliphatic carbocycles. The molecule has 5 heteroatoms. The van der Waals surface area contributed by atoms with Gasteiger partial charge in [0.1, 0.15) is 11.2 Å². The third-order valence-corrected chi connectivity index (χ3v) is 4.28. The zero-order valence-electron chi connectivity index (χ0n) is 10.7. The van der Waals surface area contributed by atoms with Crippen LogP contribution in [0, 0.1) is 25.2 Å². The molecule has 0 bridgehead atoms. The van der Waals surface area contributed by atoms with Crippen LogP contribution in [0.1, 0.15) is 52.5 Å². The highest BCUT2D eigenvalue weighted by atomic mass is 32.1. The topological polar surface area (TPSA) is 65.8 Å². The first kappa shape index (κ1) is 13.0. The van der Waals surface area contributed by atoms with Crippen molar-refractivity contribution < 1.29 is 4.79 Å². The highest BCUT2D eigenvalue weighted by Gasteiger charge is 2.34. The Kier molecular flexibility index (Phi) is 3.67. The first-order valence-electron chi connectivity index (χ1n) is 6.24. The first-order valence-corrected chi connectivity index (χ1v) is 7.06. The maximum Gasteiger partial charge on any atom is 0.272 e. The van der Waals surface area contributed by atoms with Crippen molar-refractivity contribution in [3.8, 4) is 6.07 Å². The largest absolute Gasteiger partial charge is 0.332 e. The second-order valence-electron chi connectivity index (χ2n) is 4.85. The van der Waals surface area contributed by atoms with Gasteiger partial charge in [0.15, 0.2) is 0 Å². The van der Waals surface area contributed by atoms with Crippen LogP contribution in [0.25, 0.3) is 0 Å². The van der Waals surface area contributed by atoms with Crippen LogP contribution in [-0.4, -0.2) is 16.4 Å². The molecular formula is C13H17N3OS. The average molecular weight is 263 g/mol. The lowest BCUT2D eigenvalue weighted by molar-refractivity contribution is 0.0897. The number of carbonyl (C=O) groups excluding carboxylic acids is 1. The van der Waals surface area contributed by atoms with Crippen LogP contribution in [0.2, 0.25) is 0 Å². The molecule has 0 saturated heterocycles. The molecular weight excluding hydrogens is 246 g/mol. The van der Waals surface area contributed by atoms with Gasteiger partial charge in [0, 0.05) is 4.88 Å². The normalized spacial score (nSPS) is 18.1. The number of aryl methyl sites for hydroxylation is 2. The van der Waals surface area contributed by atoms with Gasteiger partial charge in [-0.1, -0.05) is 19.3 Å². The second-order valence-corrected chi connectivity index (χ2v) is 6.25. The Hall–Kier alpha value is -1.41. The molecule has 0 radical (unpaired) electrons. The van der Waals surface area contributed by atoms with E-state index in [2.05, 4.69) is 16.4 Å². The molecule has 1 aliphatic rings. The van der Waals surface area contributed by atoms with Crippen LogP contribution in [0.3, 0.4) is 0 Å². The molecule has 4 nitrogen and oxygen atoms in total. The van der Waals surface area contributed by atoms with E-state index in [0.29, 0.717) is 5.69 Å². The second kappa shape index (κ2) is 5.07. The summed E-state index contributed by atoms with van der Waals surface area (Å²) in [7, 11) is 0. The predicted octanol–water partition coefficient (Wildman–Crippen LogP) is 2.72. The van der Waals surface area contributed by atoms with Gasteiger partial charge in [-0.15, -0.1) is 11.3 Å². The summed E-state index contributed by atoms with van der Waals surface area (Å²) in [6.45, 7) is 3.77. The average Bonchev–Trinajstić information content (AvgIpc) is 2.70. The number of carbonyl (C=O) groups is 1. The monoisotopic (exact) mass is 263 g/mol. The summed E-state index contributed by atoms with van der Waals surface area (Å²) in [5.74, 6) is -0.208. The highest BCUT2D eigenvalue weighted by molar-refractivity contribution is 7.11. The third-order valence-electron chi connectivity index (χ3n) is 3.39. The molecule has 0 aromatic carbocycles. The maximum atomic E-state index is 12.2. The van der Waals surface area contributed by atoms with Crippen molar-refractivity contribution in [2.75, 3.05) is 0 Å². The maximum absolute atomic E-state index is 12.2. The van der Waals surface area contributed by atoms with Crippen LogP contribution in [0.15, 0.2) is 0 Å². The van der Waals surface area contributed by atoms with E-state index in [1.807, 2.05) is 13.8 Å². The number of hydrogen-bond donors (Lipinski definition) is 1. The smallest absolute Gasteiger partial charge is 0.272 e. The lowest BCUT2D eigenvalue weighted by atomic mass is 9.83. The quantitative estimate of drug-likeness (QED) is 0.892. The summed E-state index contributed by atoms with van der Waals surface area (Å²) in [5.41, 5.74) is -0.211. The Labute approximate surface area is 111 Å². The fourth-order valence-electron chi connectivity index (χ4n) is 2.44. The summed E-state index contributed by atoms with van der Waals surface area (Å²) in [6, 6.07) is 2.29. The molecule has 96 valence electrons. The van der Waals surface area contributed by atoms with Gasteiger partial charge in [0.2, 0.25) is 0 Å². The number of nitriles is 1. The van der Waals surface area contributed by atoms with Gasteiger partial charge in [0.25, 0.3) is 5.91 Å². The molecule has 0 aliphatic heterocycles. The summed E-state index contributed by atoms with van der Waals surface area (Å²) < 4.78 is 0. The van der Waals surface area contributed by atoms with Crippen molar-refractivity contribution in [2.24, 2.45) is 0 Å². The standard InChI is InChI=1S/C13H17N3OS/c1-9-11(15-10(2)18-9)12(17)16-13(8-14)6-4-3-5-7-13/h3-7H2,1-2H3,(H,16,17). The van der Waals surface area contributed by atoms with Gasteiger partial charge in [-0.3, -0.25) is 4.79 Å². The fourth-order valence-corrected chi connectivity index (χ4v) is 3.25. The van der Waals surface area contributed by atoms with Crippen molar-refractivity contribution in [2.45, 2.75) is 51.5 Å².